The van der Waals surface area contributed by atoms with Crippen molar-refractivity contribution in [1.29, 1.82) is 0 Å². The zero-order chi connectivity index (χ0) is 31.1. The van der Waals surface area contributed by atoms with Gasteiger partial charge in [-0.2, -0.15) is 0 Å². The van der Waals surface area contributed by atoms with E-state index in [-0.39, 0.29) is 76.9 Å². The third-order valence-corrected chi connectivity index (χ3v) is 11.9. The minimum atomic E-state index is -1.07. The van der Waals surface area contributed by atoms with Crippen molar-refractivity contribution in [3.8, 4) is 0 Å². The molecule has 3 aromatic carbocycles. The number of nitrogens with zero attached hydrogens (tertiary/aromatic N) is 2. The van der Waals surface area contributed by atoms with Crippen LogP contribution in [-0.2, 0) is 24.7 Å². The summed E-state index contributed by atoms with van der Waals surface area (Å²) in [5.74, 6) is -1.38. The molecule has 5 amide bonds. The lowest BCUT2D eigenvalue weighted by Crippen LogP contribution is -2.41. The first kappa shape index (κ1) is 26.1. The molecule has 4 fully saturated rings. The van der Waals surface area contributed by atoms with Gasteiger partial charge in [0.05, 0.1) is 35.0 Å². The maximum Gasteiger partial charge on any atom is 0.252 e. The van der Waals surface area contributed by atoms with E-state index in [4.69, 9.17) is 0 Å². The van der Waals surface area contributed by atoms with Gasteiger partial charge in [0.15, 0.2) is 0 Å². The molecule has 0 aromatic heterocycles. The molecule has 226 valence electrons. The Hall–Kier alpha value is -5.11. The number of hydrogen-bond donors (Lipinski definition) is 1. The fourth-order valence-electron chi connectivity index (χ4n) is 9.97. The SMILES string of the molecule is O=C1NC(c2ccc(N3C(=O)C4C5C=CC(C5)C4C3=O)cc2)(c2ccc(N3C(=O)C4C5C=CC(C5)C4C3=O)cc2)c2ccccc21. The van der Waals surface area contributed by atoms with Gasteiger partial charge in [0.2, 0.25) is 23.6 Å². The van der Waals surface area contributed by atoms with Gasteiger partial charge in [0, 0.05) is 5.56 Å². The molecule has 8 heteroatoms. The highest BCUT2D eigenvalue weighted by Crippen LogP contribution is 2.55. The first-order chi connectivity index (χ1) is 22.4. The van der Waals surface area contributed by atoms with Crippen molar-refractivity contribution in [2.24, 2.45) is 47.3 Å². The van der Waals surface area contributed by atoms with Crippen LogP contribution in [0.1, 0.15) is 39.9 Å². The van der Waals surface area contributed by atoms with Gasteiger partial charge >= 0.3 is 0 Å². The molecule has 3 aliphatic heterocycles. The number of rotatable bonds is 4. The molecule has 8 nitrogen and oxygen atoms in total. The number of fused-ring (bicyclic) bond motifs is 11. The quantitative estimate of drug-likeness (QED) is 0.351. The molecule has 3 heterocycles. The molecule has 2 saturated carbocycles. The fourth-order valence-corrected chi connectivity index (χ4v) is 9.97. The van der Waals surface area contributed by atoms with Crippen molar-refractivity contribution < 1.29 is 24.0 Å². The van der Waals surface area contributed by atoms with Crippen molar-refractivity contribution in [2.75, 3.05) is 9.80 Å². The molecule has 4 aliphatic carbocycles. The van der Waals surface area contributed by atoms with E-state index in [1.807, 2.05) is 42.5 Å². The molecular weight excluding hydrogens is 578 g/mol. The summed E-state index contributed by atoms with van der Waals surface area (Å²) in [6.07, 6.45) is 10.1. The maximum atomic E-state index is 13.5. The van der Waals surface area contributed by atoms with Gasteiger partial charge < -0.3 is 5.32 Å². The number of hydrogen-bond acceptors (Lipinski definition) is 5. The van der Waals surface area contributed by atoms with Crippen LogP contribution in [0.4, 0.5) is 11.4 Å². The summed E-state index contributed by atoms with van der Waals surface area (Å²) < 4.78 is 0. The van der Waals surface area contributed by atoms with Gasteiger partial charge in [0.25, 0.3) is 5.91 Å². The Balaban J connectivity index is 1.02. The van der Waals surface area contributed by atoms with E-state index < -0.39 is 5.54 Å². The summed E-state index contributed by atoms with van der Waals surface area (Å²) >= 11 is 0. The maximum absolute atomic E-state index is 13.5. The van der Waals surface area contributed by atoms with E-state index in [1.165, 1.54) is 9.80 Å². The molecule has 3 aromatic rings. The lowest BCUT2D eigenvalue weighted by Gasteiger charge is -2.33. The third kappa shape index (κ3) is 3.07. The lowest BCUT2D eigenvalue weighted by atomic mass is 9.78. The van der Waals surface area contributed by atoms with Gasteiger partial charge in [-0.25, -0.2) is 0 Å². The smallest absolute Gasteiger partial charge is 0.252 e. The normalized spacial score (nSPS) is 35.9. The molecule has 0 radical (unpaired) electrons. The number of benzene rings is 3. The Morgan fingerprint density at radius 1 is 0.522 bits per heavy atom. The van der Waals surface area contributed by atoms with E-state index >= 15 is 0 Å². The number of carbonyl (C=O) groups is 5. The second-order valence-electron chi connectivity index (χ2n) is 13.9. The average Bonchev–Trinajstić information content (AvgIpc) is 3.94. The van der Waals surface area contributed by atoms with Crippen LogP contribution in [0.25, 0.3) is 0 Å². The summed E-state index contributed by atoms with van der Waals surface area (Å²) in [6, 6.07) is 22.0. The molecule has 1 N–H and O–H groups in total. The van der Waals surface area contributed by atoms with Crippen molar-refractivity contribution in [2.45, 2.75) is 18.4 Å². The summed E-state index contributed by atoms with van der Waals surface area (Å²) in [5, 5.41) is 3.23. The third-order valence-electron chi connectivity index (χ3n) is 11.9. The van der Waals surface area contributed by atoms with Crippen LogP contribution in [0.3, 0.4) is 0 Å². The number of anilines is 2. The van der Waals surface area contributed by atoms with Crippen molar-refractivity contribution in [1.82, 2.24) is 5.32 Å². The predicted octanol–water partition coefficient (Wildman–Crippen LogP) is 4.34. The second-order valence-corrected chi connectivity index (χ2v) is 13.9. The van der Waals surface area contributed by atoms with E-state index in [9.17, 15) is 24.0 Å². The van der Waals surface area contributed by atoms with Gasteiger partial charge in [-0.05, 0) is 83.5 Å². The van der Waals surface area contributed by atoms with Crippen molar-refractivity contribution >= 4 is 40.9 Å². The van der Waals surface area contributed by atoms with E-state index in [0.717, 1.165) is 29.5 Å². The number of amides is 5. The Labute approximate surface area is 264 Å². The minimum Gasteiger partial charge on any atom is -0.334 e. The zero-order valence-electron chi connectivity index (χ0n) is 24.7. The zero-order valence-corrected chi connectivity index (χ0v) is 24.7. The highest BCUT2D eigenvalue weighted by Gasteiger charge is 2.61. The van der Waals surface area contributed by atoms with Crippen LogP contribution in [-0.4, -0.2) is 29.5 Å². The van der Waals surface area contributed by atoms with Crippen LogP contribution in [0.2, 0.25) is 0 Å². The van der Waals surface area contributed by atoms with E-state index in [0.29, 0.717) is 16.9 Å². The first-order valence-electron chi connectivity index (χ1n) is 16.1. The monoisotopic (exact) mass is 607 g/mol. The Bertz CT molecular complexity index is 1820. The molecule has 2 saturated heterocycles. The molecule has 7 aliphatic rings. The van der Waals surface area contributed by atoms with Gasteiger partial charge in [-0.15, -0.1) is 0 Å². The summed E-state index contributed by atoms with van der Waals surface area (Å²) in [4.78, 5) is 70.0. The Morgan fingerprint density at radius 3 is 1.33 bits per heavy atom. The first-order valence-corrected chi connectivity index (χ1v) is 16.1. The summed E-state index contributed by atoms with van der Waals surface area (Å²) in [7, 11) is 0. The van der Waals surface area contributed by atoms with Crippen LogP contribution < -0.4 is 15.1 Å². The van der Waals surface area contributed by atoms with Crippen LogP contribution >= 0.6 is 0 Å². The van der Waals surface area contributed by atoms with Crippen LogP contribution in [0.5, 0.6) is 0 Å². The molecule has 10 rings (SSSR count). The highest BCUT2D eigenvalue weighted by molar-refractivity contribution is 6.23. The molecule has 46 heavy (non-hydrogen) atoms. The topological polar surface area (TPSA) is 104 Å². The molecule has 0 spiro atoms. The van der Waals surface area contributed by atoms with E-state index in [2.05, 4.69) is 29.6 Å². The standard InChI is InChI=1S/C38H29N3O5/c42-33-27-3-1-2-4-28(27)38(39-33,23-9-13-25(14-10-23)40-34(43)29-19-5-6-20(17-19)30(29)35(40)44)24-11-15-26(16-12-24)41-36(45)31-21-7-8-22(18-21)32(31)37(41)46/h1-16,19-22,29-32H,17-18H2,(H,39,42). The molecular formula is C38H29N3O5. The summed E-state index contributed by atoms with van der Waals surface area (Å²) in [5.41, 5.74) is 2.82. The molecule has 8 unspecified atom stereocenters. The summed E-state index contributed by atoms with van der Waals surface area (Å²) in [6.45, 7) is 0. The largest absolute Gasteiger partial charge is 0.334 e. The van der Waals surface area contributed by atoms with Gasteiger partial charge in [-0.3, -0.25) is 33.8 Å². The van der Waals surface area contributed by atoms with E-state index in [1.54, 1.807) is 30.3 Å². The molecule has 8 atom stereocenters. The van der Waals surface area contributed by atoms with Crippen LogP contribution in [0, 0.1) is 47.3 Å². The van der Waals surface area contributed by atoms with Gasteiger partial charge in [0.1, 0.15) is 5.54 Å². The number of nitrogens with one attached hydrogen (secondary N) is 1. The minimum absolute atomic E-state index is 0.129. The number of imide groups is 2. The highest BCUT2D eigenvalue weighted by atomic mass is 16.2. The Morgan fingerprint density at radius 2 is 0.913 bits per heavy atom. The second kappa shape index (κ2) is 8.78. The fraction of sp³-hybridized carbons (Fsp3) is 0.289. The predicted molar refractivity (Wildman–Crippen MR) is 167 cm³/mol. The Kier molecular flexibility index (Phi) is 4.99. The number of carbonyl (C=O) groups excluding carboxylic acids is 5. The van der Waals surface area contributed by atoms with Gasteiger partial charge in [-0.1, -0.05) is 66.8 Å². The molecule has 4 bridgehead atoms. The number of allylic oxidation sites excluding steroid dienone is 4. The van der Waals surface area contributed by atoms with Crippen molar-refractivity contribution in [3.05, 3.63) is 119 Å². The average molecular weight is 608 g/mol. The van der Waals surface area contributed by atoms with Crippen LogP contribution in [0.15, 0.2) is 97.1 Å². The lowest BCUT2D eigenvalue weighted by molar-refractivity contribution is -0.124. The van der Waals surface area contributed by atoms with Crippen molar-refractivity contribution in [3.63, 3.8) is 0 Å².